The number of nitrogens with zero attached hydrogens (tertiary/aromatic N) is 1. The van der Waals surface area contributed by atoms with Crippen molar-refractivity contribution in [2.24, 2.45) is 0 Å². The van der Waals surface area contributed by atoms with Crippen LogP contribution in [0.1, 0.15) is 5.76 Å². The maximum atomic E-state index is 5.72. The number of hydrogen-bond acceptors (Lipinski definition) is 3. The van der Waals surface area contributed by atoms with E-state index in [0.717, 1.165) is 28.1 Å². The van der Waals surface area contributed by atoms with E-state index >= 15 is 0 Å². The molecule has 3 rings (SSSR count). The van der Waals surface area contributed by atoms with Crippen molar-refractivity contribution < 1.29 is 4.52 Å². The zero-order valence-corrected chi connectivity index (χ0v) is 15.7. The minimum Gasteiger partial charge on any atom is -0.360 e. The Hall–Kier alpha value is -1.39. The van der Waals surface area contributed by atoms with Gasteiger partial charge in [-0.3, -0.25) is 0 Å². The van der Waals surface area contributed by atoms with Gasteiger partial charge in [0.1, 0.15) is 27.1 Å². The second-order valence-corrected chi connectivity index (χ2v) is 8.66. The Labute approximate surface area is 151 Å². The van der Waals surface area contributed by atoms with Crippen LogP contribution in [-0.2, 0) is 4.12 Å². The van der Waals surface area contributed by atoms with E-state index in [1.54, 1.807) is 11.8 Å². The number of thioether (sulfide) groups is 1. The summed E-state index contributed by atoms with van der Waals surface area (Å²) in [4.78, 5) is 1.24. The van der Waals surface area contributed by atoms with Crippen molar-refractivity contribution in [3.8, 4) is 22.4 Å². The van der Waals surface area contributed by atoms with Crippen LogP contribution in [0.2, 0.25) is 0 Å². The standard InChI is InChI=1S/C17H16B2BrNOS/c1-23-13-9-7-12(8-10-13)15-14(11-5-3-2-4-6-11)16(22-21-15)17(18,19)20/h2-10H,18-19H2,1H3. The quantitative estimate of drug-likeness (QED) is 0.392. The summed E-state index contributed by atoms with van der Waals surface area (Å²) in [6.45, 7) is 0. The molecular weight excluding hydrogens is 368 g/mol. The topological polar surface area (TPSA) is 26.0 Å². The lowest BCUT2D eigenvalue weighted by Gasteiger charge is -2.14. The lowest BCUT2D eigenvalue weighted by atomic mass is 9.67. The van der Waals surface area contributed by atoms with E-state index in [1.165, 1.54) is 4.90 Å². The first-order valence-electron chi connectivity index (χ1n) is 7.39. The molecule has 0 radical (unpaired) electrons. The molecule has 23 heavy (non-hydrogen) atoms. The number of aromatic nitrogens is 1. The summed E-state index contributed by atoms with van der Waals surface area (Å²) >= 11 is 5.44. The van der Waals surface area contributed by atoms with Crippen LogP contribution in [-0.4, -0.2) is 27.1 Å². The molecule has 0 unspecified atom stereocenters. The molecule has 0 N–H and O–H groups in total. The highest BCUT2D eigenvalue weighted by molar-refractivity contribution is 9.10. The number of halogens is 1. The smallest absolute Gasteiger partial charge is 0.145 e. The predicted octanol–water partition coefficient (Wildman–Crippen LogP) is 3.50. The fourth-order valence-corrected chi connectivity index (χ4v) is 3.19. The van der Waals surface area contributed by atoms with E-state index in [9.17, 15) is 0 Å². The van der Waals surface area contributed by atoms with Gasteiger partial charge in [0.2, 0.25) is 0 Å². The molecule has 6 heteroatoms. The Kier molecular flexibility index (Phi) is 4.74. The molecule has 0 fully saturated rings. The van der Waals surface area contributed by atoms with Crippen molar-refractivity contribution >= 4 is 43.4 Å². The molecule has 2 aromatic carbocycles. The normalized spacial score (nSPS) is 11.6. The van der Waals surface area contributed by atoms with Crippen LogP contribution < -0.4 is 0 Å². The zero-order valence-electron chi connectivity index (χ0n) is 13.3. The van der Waals surface area contributed by atoms with E-state index in [4.69, 9.17) is 4.52 Å². The third kappa shape index (κ3) is 3.43. The predicted molar refractivity (Wildman–Crippen MR) is 107 cm³/mol. The highest BCUT2D eigenvalue weighted by Gasteiger charge is 2.29. The number of hydrogen-bond donors (Lipinski definition) is 0. The SMILES string of the molecule is BC(B)(Br)c1onc(-c2ccc(SC)cc2)c1-c1ccccc1. The summed E-state index contributed by atoms with van der Waals surface area (Å²) in [5.74, 6) is 0.840. The summed E-state index contributed by atoms with van der Waals surface area (Å²) in [5, 5.41) is 4.37. The van der Waals surface area contributed by atoms with Gasteiger partial charge in [-0.1, -0.05) is 63.6 Å². The highest BCUT2D eigenvalue weighted by atomic mass is 79.9. The first kappa shape index (κ1) is 16.5. The maximum Gasteiger partial charge on any atom is 0.145 e. The molecule has 114 valence electrons. The lowest BCUT2D eigenvalue weighted by Crippen LogP contribution is -2.17. The monoisotopic (exact) mass is 383 g/mol. The number of alkyl halides is 1. The van der Waals surface area contributed by atoms with Crippen LogP contribution in [0.15, 0.2) is 64.0 Å². The van der Waals surface area contributed by atoms with Gasteiger partial charge in [0.05, 0.1) is 5.56 Å². The van der Waals surface area contributed by atoms with Gasteiger partial charge in [-0.15, -0.1) is 11.8 Å². The van der Waals surface area contributed by atoms with Gasteiger partial charge >= 0.3 is 0 Å². The molecule has 0 spiro atoms. The Balaban J connectivity index is 2.19. The first-order valence-corrected chi connectivity index (χ1v) is 9.41. The summed E-state index contributed by atoms with van der Waals surface area (Å²) in [6, 6.07) is 18.7. The van der Waals surface area contributed by atoms with Gasteiger partial charge in [-0.2, -0.15) is 0 Å². The van der Waals surface area contributed by atoms with Gasteiger partial charge in [-0.05, 0) is 24.0 Å². The average molecular weight is 384 g/mol. The summed E-state index contributed by atoms with van der Waals surface area (Å²) in [7, 11) is 4.14. The molecule has 0 saturated heterocycles. The van der Waals surface area contributed by atoms with E-state index in [0.29, 0.717) is 0 Å². The Morgan fingerprint density at radius 3 is 2.22 bits per heavy atom. The van der Waals surface area contributed by atoms with Crippen LogP contribution in [0.5, 0.6) is 0 Å². The molecule has 0 aliphatic rings. The van der Waals surface area contributed by atoms with Crippen LogP contribution in [0.25, 0.3) is 22.4 Å². The summed E-state index contributed by atoms with van der Waals surface area (Å²) in [5.41, 5.74) is 4.10. The fourth-order valence-electron chi connectivity index (χ4n) is 2.51. The Bertz CT molecular complexity index is 798. The molecule has 0 aliphatic carbocycles. The minimum absolute atomic E-state index is 0.289. The molecule has 0 saturated carbocycles. The van der Waals surface area contributed by atoms with Crippen molar-refractivity contribution in [3.63, 3.8) is 0 Å². The number of benzene rings is 2. The van der Waals surface area contributed by atoms with Gasteiger partial charge in [-0.25, -0.2) is 0 Å². The number of rotatable bonds is 4. The Morgan fingerprint density at radius 2 is 1.65 bits per heavy atom. The Morgan fingerprint density at radius 1 is 1.00 bits per heavy atom. The first-order chi connectivity index (χ1) is 11.0. The van der Waals surface area contributed by atoms with Gasteiger partial charge in [0.25, 0.3) is 0 Å². The van der Waals surface area contributed by atoms with E-state index < -0.39 is 0 Å². The van der Waals surface area contributed by atoms with E-state index in [-0.39, 0.29) is 4.12 Å². The fraction of sp³-hybridized carbons (Fsp3) is 0.118. The van der Waals surface area contributed by atoms with Gasteiger partial charge in [0, 0.05) is 14.6 Å². The highest BCUT2D eigenvalue weighted by Crippen LogP contribution is 2.40. The van der Waals surface area contributed by atoms with Gasteiger partial charge < -0.3 is 4.52 Å². The van der Waals surface area contributed by atoms with Crippen molar-refractivity contribution in [2.45, 2.75) is 9.02 Å². The van der Waals surface area contributed by atoms with Crippen molar-refractivity contribution in [1.82, 2.24) is 5.16 Å². The molecule has 2 nitrogen and oxygen atoms in total. The second kappa shape index (κ2) is 6.62. The third-order valence-electron chi connectivity index (χ3n) is 3.66. The molecule has 0 amide bonds. The van der Waals surface area contributed by atoms with Gasteiger partial charge in [0.15, 0.2) is 0 Å². The molecule has 0 aliphatic heterocycles. The molecule has 0 bridgehead atoms. The minimum atomic E-state index is -0.289. The van der Waals surface area contributed by atoms with E-state index in [1.807, 2.05) is 18.2 Å². The van der Waals surface area contributed by atoms with Crippen LogP contribution in [0.3, 0.4) is 0 Å². The molecule has 1 heterocycles. The lowest BCUT2D eigenvalue weighted by molar-refractivity contribution is 0.391. The van der Waals surface area contributed by atoms with Crippen LogP contribution in [0, 0.1) is 0 Å². The van der Waals surface area contributed by atoms with Crippen LogP contribution >= 0.6 is 27.7 Å². The average Bonchev–Trinajstić information content (AvgIpc) is 3.01. The molecule has 0 atom stereocenters. The third-order valence-corrected chi connectivity index (χ3v) is 4.76. The van der Waals surface area contributed by atoms with Crippen LogP contribution in [0.4, 0.5) is 0 Å². The second-order valence-electron chi connectivity index (χ2n) is 5.80. The zero-order chi connectivity index (χ0) is 16.4. The van der Waals surface area contributed by atoms with Crippen molar-refractivity contribution in [2.75, 3.05) is 6.26 Å². The molecule has 3 aromatic rings. The molecular formula is C17H16B2BrNOS. The molecule has 1 aromatic heterocycles. The summed E-state index contributed by atoms with van der Waals surface area (Å²) in [6.07, 6.45) is 2.08. The van der Waals surface area contributed by atoms with Crippen molar-refractivity contribution in [1.29, 1.82) is 0 Å². The van der Waals surface area contributed by atoms with Crippen molar-refractivity contribution in [3.05, 3.63) is 60.4 Å². The van der Waals surface area contributed by atoms with E-state index in [2.05, 4.69) is 79.4 Å². The largest absolute Gasteiger partial charge is 0.360 e. The maximum absolute atomic E-state index is 5.72. The summed E-state index contributed by atoms with van der Waals surface area (Å²) < 4.78 is 5.43.